The Kier molecular flexibility index (Phi) is 4.22. The van der Waals surface area contributed by atoms with Crippen molar-refractivity contribution in [3.63, 3.8) is 0 Å². The van der Waals surface area contributed by atoms with E-state index in [9.17, 15) is 0 Å². The molecule has 17 heavy (non-hydrogen) atoms. The van der Waals surface area contributed by atoms with E-state index in [0.29, 0.717) is 5.92 Å². The third-order valence-corrected chi connectivity index (χ3v) is 3.95. The van der Waals surface area contributed by atoms with Crippen molar-refractivity contribution in [3.8, 4) is 0 Å². The number of nitrogens with one attached hydrogen (secondary N) is 1. The smallest absolute Gasteiger partial charge is 0.00173 e. The summed E-state index contributed by atoms with van der Waals surface area (Å²) < 4.78 is 0. The Balaban J connectivity index is 2.10. The summed E-state index contributed by atoms with van der Waals surface area (Å²) in [6.45, 7) is 9.20. The number of piperidine rings is 1. The van der Waals surface area contributed by atoms with Gasteiger partial charge in [0.25, 0.3) is 0 Å². The number of hydrogen-bond donors (Lipinski definition) is 1. The number of hydrogen-bond acceptors (Lipinski definition) is 1. The average Bonchev–Trinajstić information content (AvgIpc) is 2.33. The van der Waals surface area contributed by atoms with Crippen molar-refractivity contribution in [1.82, 2.24) is 5.32 Å². The Bertz CT molecular complexity index is 362. The van der Waals surface area contributed by atoms with Crippen LogP contribution in [0.4, 0.5) is 0 Å². The fourth-order valence-corrected chi connectivity index (χ4v) is 2.68. The van der Waals surface area contributed by atoms with E-state index in [2.05, 4.69) is 44.3 Å². The van der Waals surface area contributed by atoms with Gasteiger partial charge in [0, 0.05) is 0 Å². The quantitative estimate of drug-likeness (QED) is 0.837. The van der Waals surface area contributed by atoms with Crippen molar-refractivity contribution in [1.29, 1.82) is 0 Å². The Morgan fingerprint density at radius 1 is 1.35 bits per heavy atom. The van der Waals surface area contributed by atoms with Crippen molar-refractivity contribution >= 4 is 0 Å². The lowest BCUT2D eigenvalue weighted by molar-refractivity contribution is 0.375. The van der Waals surface area contributed by atoms with E-state index in [0.717, 1.165) is 5.92 Å². The first-order chi connectivity index (χ1) is 8.16. The summed E-state index contributed by atoms with van der Waals surface area (Å²) in [7, 11) is 0. The van der Waals surface area contributed by atoms with Crippen LogP contribution in [0.25, 0.3) is 0 Å². The molecule has 1 aliphatic rings. The van der Waals surface area contributed by atoms with E-state index in [1.807, 2.05) is 0 Å². The number of rotatable bonds is 3. The maximum atomic E-state index is 3.51. The van der Waals surface area contributed by atoms with Gasteiger partial charge in [-0.05, 0) is 67.8 Å². The van der Waals surface area contributed by atoms with Crippen LogP contribution < -0.4 is 5.32 Å². The second-order valence-corrected chi connectivity index (χ2v) is 5.76. The van der Waals surface area contributed by atoms with Gasteiger partial charge >= 0.3 is 0 Å². The molecule has 1 aliphatic heterocycles. The highest BCUT2D eigenvalue weighted by atomic mass is 14.9. The van der Waals surface area contributed by atoms with E-state index in [4.69, 9.17) is 0 Å². The lowest BCUT2D eigenvalue weighted by Crippen LogP contribution is -2.31. The van der Waals surface area contributed by atoms with Gasteiger partial charge in [-0.15, -0.1) is 0 Å². The van der Waals surface area contributed by atoms with Crippen molar-refractivity contribution in [2.45, 2.75) is 46.0 Å². The Morgan fingerprint density at radius 3 is 2.82 bits per heavy atom. The largest absolute Gasteiger partial charge is 0.316 e. The van der Waals surface area contributed by atoms with Crippen molar-refractivity contribution in [2.75, 3.05) is 13.1 Å². The van der Waals surface area contributed by atoms with Crippen LogP contribution in [0.5, 0.6) is 0 Å². The van der Waals surface area contributed by atoms with Crippen molar-refractivity contribution < 1.29 is 0 Å². The van der Waals surface area contributed by atoms with Gasteiger partial charge in [-0.2, -0.15) is 0 Å². The fraction of sp³-hybridized carbons (Fsp3) is 0.625. The topological polar surface area (TPSA) is 12.0 Å². The van der Waals surface area contributed by atoms with Crippen LogP contribution in [0, 0.1) is 12.8 Å². The minimum Gasteiger partial charge on any atom is -0.316 e. The molecule has 1 heteroatoms. The maximum Gasteiger partial charge on any atom is -0.00173 e. The highest BCUT2D eigenvalue weighted by molar-refractivity contribution is 5.33. The first-order valence-corrected chi connectivity index (χ1v) is 6.97. The molecule has 1 aromatic rings. The van der Waals surface area contributed by atoms with E-state index in [-0.39, 0.29) is 0 Å². The maximum absolute atomic E-state index is 3.51. The Morgan fingerprint density at radius 2 is 2.18 bits per heavy atom. The summed E-state index contributed by atoms with van der Waals surface area (Å²) in [6, 6.07) is 7.00. The predicted molar refractivity (Wildman–Crippen MR) is 74.6 cm³/mol. The highest BCUT2D eigenvalue weighted by Crippen LogP contribution is 2.23. The van der Waals surface area contributed by atoms with Gasteiger partial charge in [0.2, 0.25) is 0 Å². The lowest BCUT2D eigenvalue weighted by atomic mass is 9.88. The fourth-order valence-electron chi connectivity index (χ4n) is 2.68. The molecule has 1 saturated heterocycles. The first kappa shape index (κ1) is 12.6. The first-order valence-electron chi connectivity index (χ1n) is 6.97. The van der Waals surface area contributed by atoms with Gasteiger partial charge in [-0.1, -0.05) is 32.0 Å². The van der Waals surface area contributed by atoms with E-state index < -0.39 is 0 Å². The molecular weight excluding hydrogens is 206 g/mol. The summed E-state index contributed by atoms with van der Waals surface area (Å²) in [5.74, 6) is 1.48. The van der Waals surface area contributed by atoms with Gasteiger partial charge in [0.15, 0.2) is 0 Å². The Labute approximate surface area is 106 Å². The monoisotopic (exact) mass is 231 g/mol. The molecule has 1 unspecified atom stereocenters. The van der Waals surface area contributed by atoms with E-state index in [1.165, 1.54) is 43.5 Å². The van der Waals surface area contributed by atoms with Crippen LogP contribution in [-0.4, -0.2) is 13.1 Å². The lowest BCUT2D eigenvalue weighted by Gasteiger charge is -2.24. The molecule has 1 atom stereocenters. The third-order valence-electron chi connectivity index (χ3n) is 3.95. The molecule has 1 N–H and O–H groups in total. The average molecular weight is 231 g/mol. The number of benzene rings is 1. The molecule has 1 nitrogen and oxygen atoms in total. The minimum atomic E-state index is 0.638. The zero-order valence-electron chi connectivity index (χ0n) is 11.4. The normalized spacial score (nSPS) is 20.8. The van der Waals surface area contributed by atoms with Crippen molar-refractivity contribution in [3.05, 3.63) is 34.9 Å². The third kappa shape index (κ3) is 3.32. The minimum absolute atomic E-state index is 0.638. The summed E-state index contributed by atoms with van der Waals surface area (Å²) in [5.41, 5.74) is 4.50. The van der Waals surface area contributed by atoms with Gasteiger partial charge in [0.05, 0.1) is 0 Å². The molecule has 0 amide bonds. The van der Waals surface area contributed by atoms with Gasteiger partial charge in [0.1, 0.15) is 0 Å². The molecular formula is C16H25N. The molecule has 1 aromatic carbocycles. The van der Waals surface area contributed by atoms with Crippen LogP contribution in [-0.2, 0) is 6.42 Å². The summed E-state index contributed by atoms with van der Waals surface area (Å²) in [4.78, 5) is 0. The molecule has 1 heterocycles. The molecule has 0 saturated carbocycles. The van der Waals surface area contributed by atoms with Crippen LogP contribution in [0.1, 0.15) is 49.3 Å². The molecule has 0 aromatic heterocycles. The second-order valence-electron chi connectivity index (χ2n) is 5.76. The van der Waals surface area contributed by atoms with Crippen LogP contribution in [0.3, 0.4) is 0 Å². The molecule has 0 aliphatic carbocycles. The summed E-state index contributed by atoms with van der Waals surface area (Å²) in [6.07, 6.45) is 3.98. The van der Waals surface area contributed by atoms with Crippen LogP contribution >= 0.6 is 0 Å². The second kappa shape index (κ2) is 5.68. The SMILES string of the molecule is Cc1ccc(C(C)C)cc1CC1CCCNC1. The summed E-state index contributed by atoms with van der Waals surface area (Å²) in [5, 5.41) is 3.51. The molecule has 94 valence electrons. The van der Waals surface area contributed by atoms with Gasteiger partial charge in [-0.25, -0.2) is 0 Å². The zero-order chi connectivity index (χ0) is 12.3. The summed E-state index contributed by atoms with van der Waals surface area (Å²) >= 11 is 0. The van der Waals surface area contributed by atoms with Gasteiger partial charge < -0.3 is 5.32 Å². The highest BCUT2D eigenvalue weighted by Gasteiger charge is 2.15. The molecule has 0 spiro atoms. The van der Waals surface area contributed by atoms with Crippen molar-refractivity contribution in [2.24, 2.45) is 5.92 Å². The van der Waals surface area contributed by atoms with E-state index in [1.54, 1.807) is 5.56 Å². The zero-order valence-corrected chi connectivity index (χ0v) is 11.4. The van der Waals surface area contributed by atoms with Crippen LogP contribution in [0.2, 0.25) is 0 Å². The molecule has 0 bridgehead atoms. The Hall–Kier alpha value is -0.820. The van der Waals surface area contributed by atoms with E-state index >= 15 is 0 Å². The standard InChI is InChI=1S/C16H25N/c1-12(2)15-7-6-13(3)16(10-15)9-14-5-4-8-17-11-14/h6-7,10,12,14,17H,4-5,8-9,11H2,1-3H3. The number of aryl methyl sites for hydroxylation is 1. The molecule has 2 rings (SSSR count). The van der Waals surface area contributed by atoms with Crippen LogP contribution in [0.15, 0.2) is 18.2 Å². The molecule has 1 fully saturated rings. The molecule has 0 radical (unpaired) electrons. The predicted octanol–water partition coefficient (Wildman–Crippen LogP) is 3.66. The van der Waals surface area contributed by atoms with Gasteiger partial charge in [-0.3, -0.25) is 0 Å².